The molecule has 2 N–H and O–H groups in total. The summed E-state index contributed by atoms with van der Waals surface area (Å²) < 4.78 is 27.2. The standard InChI is InChI=1S/C15H11F2N3O/c1-8-6-11(17)13(7-10(8)16)18-15(21)14-9-4-2-3-5-12(9)19-20-14/h2-7H,1H3,(H,18,21)(H,19,20). The van der Waals surface area contributed by atoms with Gasteiger partial charge in [-0.15, -0.1) is 0 Å². The molecule has 1 aromatic heterocycles. The van der Waals surface area contributed by atoms with Crippen LogP contribution in [-0.2, 0) is 0 Å². The largest absolute Gasteiger partial charge is 0.318 e. The summed E-state index contributed by atoms with van der Waals surface area (Å²) in [6, 6.07) is 9.05. The van der Waals surface area contributed by atoms with E-state index in [1.807, 2.05) is 0 Å². The van der Waals surface area contributed by atoms with Crippen molar-refractivity contribution < 1.29 is 13.6 Å². The fourth-order valence-corrected chi connectivity index (χ4v) is 2.06. The van der Waals surface area contributed by atoms with Gasteiger partial charge in [0.1, 0.15) is 11.6 Å². The number of H-pyrrole nitrogens is 1. The minimum atomic E-state index is -0.693. The molecule has 3 rings (SSSR count). The molecule has 0 atom stereocenters. The Labute approximate surface area is 118 Å². The molecule has 0 saturated heterocycles. The van der Waals surface area contributed by atoms with Gasteiger partial charge in [0.15, 0.2) is 5.69 Å². The van der Waals surface area contributed by atoms with E-state index in [1.165, 1.54) is 6.92 Å². The van der Waals surface area contributed by atoms with Gasteiger partial charge < -0.3 is 5.32 Å². The van der Waals surface area contributed by atoms with Crippen LogP contribution in [0, 0.1) is 18.6 Å². The van der Waals surface area contributed by atoms with Gasteiger partial charge >= 0.3 is 0 Å². The highest BCUT2D eigenvalue weighted by Gasteiger charge is 2.16. The SMILES string of the molecule is Cc1cc(F)c(NC(=O)c2n[nH]c3ccccc23)cc1F. The summed E-state index contributed by atoms with van der Waals surface area (Å²) in [6.07, 6.45) is 0. The van der Waals surface area contributed by atoms with Gasteiger partial charge in [-0.3, -0.25) is 9.89 Å². The molecule has 0 radical (unpaired) electrons. The Kier molecular flexibility index (Phi) is 3.13. The summed E-state index contributed by atoms with van der Waals surface area (Å²) in [5, 5.41) is 9.57. The molecular formula is C15H11F2N3O. The molecular weight excluding hydrogens is 276 g/mol. The minimum absolute atomic E-state index is 0.131. The summed E-state index contributed by atoms with van der Waals surface area (Å²) >= 11 is 0. The number of rotatable bonds is 2. The van der Waals surface area contributed by atoms with Crippen LogP contribution in [0.15, 0.2) is 36.4 Å². The van der Waals surface area contributed by atoms with Gasteiger partial charge in [0.25, 0.3) is 5.91 Å². The van der Waals surface area contributed by atoms with Crippen LogP contribution in [0.4, 0.5) is 14.5 Å². The van der Waals surface area contributed by atoms with Gasteiger partial charge in [-0.2, -0.15) is 5.10 Å². The van der Waals surface area contributed by atoms with E-state index in [9.17, 15) is 13.6 Å². The second-order valence-electron chi connectivity index (χ2n) is 4.65. The quantitative estimate of drug-likeness (QED) is 0.759. The van der Waals surface area contributed by atoms with Crippen molar-refractivity contribution in [2.24, 2.45) is 0 Å². The molecule has 0 aliphatic heterocycles. The predicted octanol–water partition coefficient (Wildman–Crippen LogP) is 3.40. The predicted molar refractivity (Wildman–Crippen MR) is 75.1 cm³/mol. The first-order valence-corrected chi connectivity index (χ1v) is 6.26. The molecule has 21 heavy (non-hydrogen) atoms. The number of aromatic nitrogens is 2. The van der Waals surface area contributed by atoms with Crippen LogP contribution < -0.4 is 5.32 Å². The molecule has 106 valence electrons. The molecule has 0 aliphatic carbocycles. The lowest BCUT2D eigenvalue weighted by molar-refractivity contribution is 0.102. The summed E-state index contributed by atoms with van der Waals surface area (Å²) in [6.45, 7) is 1.45. The number of aryl methyl sites for hydroxylation is 1. The summed E-state index contributed by atoms with van der Waals surface area (Å²) in [5.74, 6) is -1.88. The maximum Gasteiger partial charge on any atom is 0.276 e. The van der Waals surface area contributed by atoms with Crippen molar-refractivity contribution in [1.29, 1.82) is 0 Å². The van der Waals surface area contributed by atoms with E-state index >= 15 is 0 Å². The Morgan fingerprint density at radius 3 is 2.76 bits per heavy atom. The van der Waals surface area contributed by atoms with E-state index in [4.69, 9.17) is 0 Å². The third-order valence-electron chi connectivity index (χ3n) is 3.18. The van der Waals surface area contributed by atoms with Crippen molar-refractivity contribution >= 4 is 22.5 Å². The normalized spacial score (nSPS) is 10.8. The van der Waals surface area contributed by atoms with Crippen LogP contribution in [-0.4, -0.2) is 16.1 Å². The molecule has 1 heterocycles. The zero-order valence-corrected chi connectivity index (χ0v) is 11.1. The van der Waals surface area contributed by atoms with Crippen molar-refractivity contribution in [2.75, 3.05) is 5.32 Å². The molecule has 0 spiro atoms. The van der Waals surface area contributed by atoms with E-state index in [-0.39, 0.29) is 16.9 Å². The fourth-order valence-electron chi connectivity index (χ4n) is 2.06. The van der Waals surface area contributed by atoms with E-state index < -0.39 is 17.5 Å². The second-order valence-corrected chi connectivity index (χ2v) is 4.65. The molecule has 0 fully saturated rings. The number of aromatic amines is 1. The monoisotopic (exact) mass is 287 g/mol. The number of anilines is 1. The van der Waals surface area contributed by atoms with E-state index in [0.717, 1.165) is 12.1 Å². The topological polar surface area (TPSA) is 57.8 Å². The third-order valence-corrected chi connectivity index (χ3v) is 3.18. The molecule has 4 nitrogen and oxygen atoms in total. The average Bonchev–Trinajstić information content (AvgIpc) is 2.88. The highest BCUT2D eigenvalue weighted by Crippen LogP contribution is 2.21. The zero-order chi connectivity index (χ0) is 15.0. The summed E-state index contributed by atoms with van der Waals surface area (Å²) in [5.41, 5.74) is 0.787. The molecule has 0 saturated carbocycles. The van der Waals surface area contributed by atoms with Gasteiger partial charge in [0, 0.05) is 11.5 Å². The number of amides is 1. The van der Waals surface area contributed by atoms with Crippen molar-refractivity contribution in [3.05, 3.63) is 59.3 Å². The van der Waals surface area contributed by atoms with Crippen LogP contribution in [0.5, 0.6) is 0 Å². The second kappa shape index (κ2) is 4.97. The summed E-state index contributed by atoms with van der Waals surface area (Å²) in [4.78, 5) is 12.2. The molecule has 0 unspecified atom stereocenters. The Morgan fingerprint density at radius 1 is 1.19 bits per heavy atom. The van der Waals surface area contributed by atoms with Crippen LogP contribution in [0.2, 0.25) is 0 Å². The first-order valence-electron chi connectivity index (χ1n) is 6.26. The fraction of sp³-hybridized carbons (Fsp3) is 0.0667. The minimum Gasteiger partial charge on any atom is -0.318 e. The Bertz CT molecular complexity index is 842. The van der Waals surface area contributed by atoms with Crippen LogP contribution in [0.1, 0.15) is 16.1 Å². The number of fused-ring (bicyclic) bond motifs is 1. The van der Waals surface area contributed by atoms with Gasteiger partial charge in [0.05, 0.1) is 11.2 Å². The number of carbonyl (C=O) groups excluding carboxylic acids is 1. The highest BCUT2D eigenvalue weighted by molar-refractivity contribution is 6.11. The lowest BCUT2D eigenvalue weighted by Gasteiger charge is -2.06. The molecule has 6 heteroatoms. The van der Waals surface area contributed by atoms with Crippen LogP contribution in [0.3, 0.4) is 0 Å². The third kappa shape index (κ3) is 2.35. The van der Waals surface area contributed by atoms with Gasteiger partial charge in [0.2, 0.25) is 0 Å². The van der Waals surface area contributed by atoms with Crippen molar-refractivity contribution in [2.45, 2.75) is 6.92 Å². The summed E-state index contributed by atoms with van der Waals surface area (Å²) in [7, 11) is 0. The maximum atomic E-state index is 13.7. The Hall–Kier alpha value is -2.76. The molecule has 0 aliphatic rings. The smallest absolute Gasteiger partial charge is 0.276 e. The van der Waals surface area contributed by atoms with Crippen molar-refractivity contribution in [3.8, 4) is 0 Å². The molecule has 2 aromatic carbocycles. The van der Waals surface area contributed by atoms with E-state index in [0.29, 0.717) is 10.9 Å². The number of hydrogen-bond donors (Lipinski definition) is 2. The molecule has 1 amide bonds. The number of hydrogen-bond acceptors (Lipinski definition) is 2. The first kappa shape index (κ1) is 13.2. The van der Waals surface area contributed by atoms with E-state index in [2.05, 4.69) is 15.5 Å². The molecule has 3 aromatic rings. The zero-order valence-electron chi connectivity index (χ0n) is 11.1. The lowest BCUT2D eigenvalue weighted by Crippen LogP contribution is -2.14. The maximum absolute atomic E-state index is 13.7. The first-order chi connectivity index (χ1) is 10.1. The van der Waals surface area contributed by atoms with Crippen molar-refractivity contribution in [1.82, 2.24) is 10.2 Å². The van der Waals surface area contributed by atoms with Gasteiger partial charge in [-0.25, -0.2) is 8.78 Å². The number of benzene rings is 2. The Morgan fingerprint density at radius 2 is 1.95 bits per heavy atom. The number of carbonyl (C=O) groups is 1. The van der Waals surface area contributed by atoms with Gasteiger partial charge in [-0.05, 0) is 24.6 Å². The number of nitrogens with one attached hydrogen (secondary N) is 2. The average molecular weight is 287 g/mol. The number of halogens is 2. The lowest BCUT2D eigenvalue weighted by atomic mass is 10.2. The number of para-hydroxylation sites is 1. The van der Waals surface area contributed by atoms with Crippen LogP contribution >= 0.6 is 0 Å². The Balaban J connectivity index is 1.95. The van der Waals surface area contributed by atoms with E-state index in [1.54, 1.807) is 24.3 Å². The van der Waals surface area contributed by atoms with Crippen LogP contribution in [0.25, 0.3) is 10.9 Å². The van der Waals surface area contributed by atoms with Crippen molar-refractivity contribution in [3.63, 3.8) is 0 Å². The molecule has 0 bridgehead atoms. The van der Waals surface area contributed by atoms with Gasteiger partial charge in [-0.1, -0.05) is 18.2 Å². The highest BCUT2D eigenvalue weighted by atomic mass is 19.1. The number of nitrogens with zero attached hydrogens (tertiary/aromatic N) is 1.